The predicted molar refractivity (Wildman–Crippen MR) is 173 cm³/mol. The Morgan fingerprint density at radius 1 is 0.517 bits per heavy atom. The third kappa shape index (κ3) is 9.82. The fourth-order valence-electron chi connectivity index (χ4n) is 4.97. The normalized spacial score (nSPS) is 13.8. The average Bonchev–Trinajstić information content (AvgIpc) is 3.13. The lowest BCUT2D eigenvalue weighted by Gasteiger charge is -2.41. The van der Waals surface area contributed by atoms with Gasteiger partial charge in [-0.1, -0.05) is 50.5 Å². The smallest absolute Gasteiger partial charge is 0.459 e. The number of unbranched alkanes of at least 4 members (excludes halogenated alkanes) is 3. The van der Waals surface area contributed by atoms with Gasteiger partial charge in [-0.05, 0) is 79.4 Å². The predicted octanol–water partition coefficient (Wildman–Crippen LogP) is 11.8. The molecule has 320 valence electrons. The van der Waals surface area contributed by atoms with Gasteiger partial charge in [-0.25, -0.2) is 9.59 Å². The molecule has 0 saturated carbocycles. The van der Waals surface area contributed by atoms with Crippen molar-refractivity contribution >= 4 is 17.9 Å². The molecule has 0 N–H and O–H groups in total. The molecule has 0 saturated heterocycles. The van der Waals surface area contributed by atoms with Crippen LogP contribution in [0.15, 0.2) is 72.8 Å². The molecule has 1 unspecified atom stereocenters. The molecule has 0 aromatic heterocycles. The van der Waals surface area contributed by atoms with E-state index < -0.39 is 71.8 Å². The molecule has 0 radical (unpaired) electrons. The maximum Gasteiger partial charge on any atom is 0.460 e. The van der Waals surface area contributed by atoms with Crippen LogP contribution in [0, 0.1) is 0 Å². The molecular weight excluding hydrogens is 825 g/mol. The fraction of sp³-hybridized carbons (Fsp3) is 0.432. The maximum absolute atomic E-state index is 14.2. The summed E-state index contributed by atoms with van der Waals surface area (Å²) in [5.74, 6) is -52.6. The minimum absolute atomic E-state index is 0.0357. The summed E-state index contributed by atoms with van der Waals surface area (Å²) in [7, 11) is 0. The van der Waals surface area contributed by atoms with Crippen LogP contribution in [0.3, 0.4) is 0 Å². The molecule has 3 rings (SSSR count). The number of rotatable bonds is 18. The lowest BCUT2D eigenvalue weighted by atomic mass is 9.90. The standard InChI is InChI=1S/C37H31F15O6/c1-3-4-5-6-7-21(2)56-29(54)25-14-18-27(19-15-25)58-30(55)24-10-8-22(9-11-24)23-12-16-26(17-13-23)57-28(53)20-31(38,39)32(40,41)33(42,43)34(44,45)35(46,47)36(48,49)37(50,51)52/h8-19,21H,3-7,20H2,1-2H3. The number of hydrogen-bond donors (Lipinski definition) is 0. The van der Waals surface area contributed by atoms with Crippen molar-refractivity contribution in [3.05, 3.63) is 83.9 Å². The Bertz CT molecular complexity index is 1880. The molecule has 0 spiro atoms. The molecule has 58 heavy (non-hydrogen) atoms. The van der Waals surface area contributed by atoms with Crippen LogP contribution >= 0.6 is 0 Å². The van der Waals surface area contributed by atoms with Crippen LogP contribution in [0.5, 0.6) is 11.5 Å². The van der Waals surface area contributed by atoms with Crippen molar-refractivity contribution in [1.82, 2.24) is 0 Å². The van der Waals surface area contributed by atoms with Gasteiger partial charge >= 0.3 is 59.6 Å². The molecule has 21 heteroatoms. The van der Waals surface area contributed by atoms with Gasteiger partial charge in [0.15, 0.2) is 0 Å². The number of benzene rings is 3. The number of esters is 3. The minimum atomic E-state index is -8.47. The summed E-state index contributed by atoms with van der Waals surface area (Å²) in [5.41, 5.74) is 0.866. The summed E-state index contributed by atoms with van der Waals surface area (Å²) < 4.78 is 216. The van der Waals surface area contributed by atoms with E-state index in [-0.39, 0.29) is 28.5 Å². The Balaban J connectivity index is 1.62. The summed E-state index contributed by atoms with van der Waals surface area (Å²) in [4.78, 5) is 37.0. The first-order chi connectivity index (χ1) is 26.5. The van der Waals surface area contributed by atoms with Gasteiger partial charge in [0.1, 0.15) is 17.9 Å². The second-order valence-corrected chi connectivity index (χ2v) is 12.8. The highest BCUT2D eigenvalue weighted by Crippen LogP contribution is 2.62. The van der Waals surface area contributed by atoms with E-state index in [1.165, 1.54) is 48.5 Å². The van der Waals surface area contributed by atoms with Crippen molar-refractivity contribution in [2.75, 3.05) is 0 Å². The Morgan fingerprint density at radius 3 is 1.43 bits per heavy atom. The fourth-order valence-corrected chi connectivity index (χ4v) is 4.97. The van der Waals surface area contributed by atoms with Crippen molar-refractivity contribution in [2.45, 2.75) is 100 Å². The highest BCUT2D eigenvalue weighted by Gasteiger charge is 2.93. The van der Waals surface area contributed by atoms with E-state index in [4.69, 9.17) is 9.47 Å². The third-order valence-electron chi connectivity index (χ3n) is 8.37. The summed E-state index contributed by atoms with van der Waals surface area (Å²) in [6, 6.07) is 14.8. The zero-order chi connectivity index (χ0) is 44.1. The number of alkyl halides is 15. The van der Waals surface area contributed by atoms with E-state index in [9.17, 15) is 80.2 Å². The monoisotopic (exact) mass is 856 g/mol. The molecule has 0 aliphatic rings. The van der Waals surface area contributed by atoms with Crippen molar-refractivity contribution in [1.29, 1.82) is 0 Å². The van der Waals surface area contributed by atoms with Crippen LogP contribution < -0.4 is 9.47 Å². The maximum atomic E-state index is 14.2. The Hall–Kier alpha value is -4.98. The van der Waals surface area contributed by atoms with Crippen LogP contribution in [0.1, 0.15) is 73.1 Å². The van der Waals surface area contributed by atoms with E-state index in [0.29, 0.717) is 12.0 Å². The Labute approximate surface area is 319 Å². The van der Waals surface area contributed by atoms with Gasteiger partial charge in [-0.3, -0.25) is 4.79 Å². The van der Waals surface area contributed by atoms with Gasteiger partial charge < -0.3 is 14.2 Å². The van der Waals surface area contributed by atoms with Gasteiger partial charge in [0.25, 0.3) is 0 Å². The van der Waals surface area contributed by atoms with Gasteiger partial charge in [0, 0.05) is 0 Å². The van der Waals surface area contributed by atoms with E-state index in [0.717, 1.165) is 49.9 Å². The summed E-state index contributed by atoms with van der Waals surface area (Å²) in [5, 5.41) is 0. The molecule has 6 nitrogen and oxygen atoms in total. The average molecular weight is 857 g/mol. The lowest BCUT2D eigenvalue weighted by molar-refractivity contribution is -0.452. The van der Waals surface area contributed by atoms with E-state index in [1.807, 2.05) is 0 Å². The first kappa shape index (κ1) is 47.4. The molecule has 3 aromatic carbocycles. The molecule has 0 amide bonds. The van der Waals surface area contributed by atoms with Crippen LogP contribution in [-0.2, 0) is 9.53 Å². The molecule has 3 aromatic rings. The topological polar surface area (TPSA) is 78.9 Å². The van der Waals surface area contributed by atoms with Gasteiger partial charge in [0.05, 0.1) is 17.2 Å². The van der Waals surface area contributed by atoms with Crippen molar-refractivity contribution in [3.8, 4) is 22.6 Å². The molecule has 0 fully saturated rings. The summed E-state index contributed by atoms with van der Waals surface area (Å²) >= 11 is 0. The van der Waals surface area contributed by atoms with E-state index in [1.54, 1.807) is 6.92 Å². The van der Waals surface area contributed by atoms with Crippen LogP contribution in [0.4, 0.5) is 65.9 Å². The SMILES string of the molecule is CCCCCCC(C)OC(=O)c1ccc(OC(=O)c2ccc(-c3ccc(OC(=O)CC(F)(F)C(F)(F)C(F)(F)C(F)(F)C(F)(F)C(F)(F)C(F)(F)F)cc3)cc2)cc1. The van der Waals surface area contributed by atoms with Gasteiger partial charge in [-0.2, -0.15) is 65.9 Å². The highest BCUT2D eigenvalue weighted by molar-refractivity contribution is 5.92. The zero-order valence-electron chi connectivity index (χ0n) is 29.9. The molecule has 0 aliphatic heterocycles. The molecule has 0 bridgehead atoms. The first-order valence-electron chi connectivity index (χ1n) is 16.8. The third-order valence-corrected chi connectivity index (χ3v) is 8.37. The minimum Gasteiger partial charge on any atom is -0.459 e. The van der Waals surface area contributed by atoms with E-state index in [2.05, 4.69) is 11.7 Å². The van der Waals surface area contributed by atoms with Crippen LogP contribution in [-0.4, -0.2) is 65.7 Å². The number of carbonyl (C=O) groups is 3. The molecule has 0 aliphatic carbocycles. The summed E-state index contributed by atoms with van der Waals surface area (Å²) in [6.07, 6.45) is -6.52. The number of hydrogen-bond acceptors (Lipinski definition) is 6. The highest BCUT2D eigenvalue weighted by atomic mass is 19.4. The van der Waals surface area contributed by atoms with Gasteiger partial charge in [0.2, 0.25) is 0 Å². The number of halogens is 15. The Morgan fingerprint density at radius 2 is 0.931 bits per heavy atom. The van der Waals surface area contributed by atoms with Crippen molar-refractivity contribution < 1.29 is 94.5 Å². The number of carbonyl (C=O) groups excluding carboxylic acids is 3. The molecule has 0 heterocycles. The van der Waals surface area contributed by atoms with Crippen LogP contribution in [0.2, 0.25) is 0 Å². The zero-order valence-corrected chi connectivity index (χ0v) is 29.9. The Kier molecular flexibility index (Phi) is 14.3. The van der Waals surface area contributed by atoms with Crippen molar-refractivity contribution in [3.63, 3.8) is 0 Å². The second kappa shape index (κ2) is 17.5. The van der Waals surface area contributed by atoms with Crippen molar-refractivity contribution in [2.24, 2.45) is 0 Å². The molecule has 1 atom stereocenters. The second-order valence-electron chi connectivity index (χ2n) is 12.8. The first-order valence-corrected chi connectivity index (χ1v) is 16.8. The number of ether oxygens (including phenoxy) is 3. The largest absolute Gasteiger partial charge is 0.460 e. The quantitative estimate of drug-likeness (QED) is 0.0549. The summed E-state index contributed by atoms with van der Waals surface area (Å²) in [6.45, 7) is 3.86. The van der Waals surface area contributed by atoms with Gasteiger partial charge in [-0.15, -0.1) is 0 Å². The lowest BCUT2D eigenvalue weighted by Crippen LogP contribution is -2.72. The van der Waals surface area contributed by atoms with E-state index >= 15 is 0 Å². The molecular formula is C37H31F15O6. The van der Waals surface area contributed by atoms with Crippen LogP contribution in [0.25, 0.3) is 11.1 Å².